The standard InChI is InChI=1S/C23H37NO2/c1-5-9-22(4)19-8-10-21(3)17(15(2)26)6-7-18(21)16(19)13-23(11-12-23)20(22)24-14-25/h14,16-20H,5-13H2,1-4H3,(H,24,25). The van der Waals surface area contributed by atoms with Gasteiger partial charge >= 0.3 is 0 Å². The maximum atomic E-state index is 12.3. The van der Waals surface area contributed by atoms with E-state index >= 15 is 0 Å². The molecule has 1 amide bonds. The van der Waals surface area contributed by atoms with Gasteiger partial charge in [0.15, 0.2) is 0 Å². The third kappa shape index (κ3) is 2.37. The molecule has 0 aromatic heterocycles. The normalized spacial score (nSPS) is 48.5. The van der Waals surface area contributed by atoms with Crippen LogP contribution in [-0.4, -0.2) is 18.2 Å². The maximum absolute atomic E-state index is 12.3. The van der Waals surface area contributed by atoms with Gasteiger partial charge in [0.1, 0.15) is 5.78 Å². The number of nitrogens with one attached hydrogen (secondary N) is 1. The van der Waals surface area contributed by atoms with Crippen molar-refractivity contribution in [2.75, 3.05) is 0 Å². The first kappa shape index (κ1) is 18.5. The molecule has 3 heteroatoms. The topological polar surface area (TPSA) is 46.2 Å². The van der Waals surface area contributed by atoms with E-state index in [-0.39, 0.29) is 16.7 Å². The number of hydrogen-bond donors (Lipinski definition) is 1. The van der Waals surface area contributed by atoms with Gasteiger partial charge in [-0.2, -0.15) is 0 Å². The summed E-state index contributed by atoms with van der Waals surface area (Å²) in [6, 6.07) is 0.350. The minimum atomic E-state index is 0.213. The van der Waals surface area contributed by atoms with Gasteiger partial charge in [-0.1, -0.05) is 27.2 Å². The van der Waals surface area contributed by atoms with Crippen LogP contribution in [-0.2, 0) is 9.59 Å². The predicted molar refractivity (Wildman–Crippen MR) is 104 cm³/mol. The summed E-state index contributed by atoms with van der Waals surface area (Å²) in [4.78, 5) is 23.8. The Hall–Kier alpha value is -0.860. The number of carbonyl (C=O) groups excluding carboxylic acids is 2. The molecule has 7 unspecified atom stereocenters. The van der Waals surface area contributed by atoms with Crippen molar-refractivity contribution in [1.82, 2.24) is 5.32 Å². The fourth-order valence-electron chi connectivity index (χ4n) is 8.52. The molecular weight excluding hydrogens is 322 g/mol. The quantitative estimate of drug-likeness (QED) is 0.721. The third-order valence-corrected chi connectivity index (χ3v) is 9.60. The first-order chi connectivity index (χ1) is 12.3. The highest BCUT2D eigenvalue weighted by molar-refractivity contribution is 5.79. The van der Waals surface area contributed by atoms with Crippen molar-refractivity contribution in [3.8, 4) is 0 Å². The number of hydrogen-bond acceptors (Lipinski definition) is 2. The molecule has 0 heterocycles. The van der Waals surface area contributed by atoms with E-state index in [9.17, 15) is 9.59 Å². The van der Waals surface area contributed by atoms with Crippen LogP contribution >= 0.6 is 0 Å². The summed E-state index contributed by atoms with van der Waals surface area (Å²) >= 11 is 0. The van der Waals surface area contributed by atoms with Gasteiger partial charge in [0.05, 0.1) is 0 Å². The van der Waals surface area contributed by atoms with Crippen molar-refractivity contribution in [3.63, 3.8) is 0 Å². The van der Waals surface area contributed by atoms with Gasteiger partial charge in [0.25, 0.3) is 0 Å². The van der Waals surface area contributed by atoms with Crippen LogP contribution in [0.3, 0.4) is 0 Å². The summed E-state index contributed by atoms with van der Waals surface area (Å²) in [6.07, 6.45) is 12.0. The van der Waals surface area contributed by atoms with Crippen LogP contribution in [0, 0.1) is 39.9 Å². The largest absolute Gasteiger partial charge is 0.355 e. The number of carbonyl (C=O) groups is 2. The minimum Gasteiger partial charge on any atom is -0.355 e. The van der Waals surface area contributed by atoms with Gasteiger partial charge in [0.2, 0.25) is 6.41 Å². The zero-order valence-corrected chi connectivity index (χ0v) is 17.1. The first-order valence-electron chi connectivity index (χ1n) is 11.0. The fraction of sp³-hybridized carbons (Fsp3) is 0.913. The van der Waals surface area contributed by atoms with Crippen molar-refractivity contribution in [2.24, 2.45) is 39.9 Å². The van der Waals surface area contributed by atoms with E-state index in [0.29, 0.717) is 29.1 Å². The molecule has 7 atom stereocenters. The molecule has 4 saturated carbocycles. The number of rotatable bonds is 5. The second-order valence-electron chi connectivity index (χ2n) is 10.7. The molecule has 0 radical (unpaired) electrons. The van der Waals surface area contributed by atoms with Gasteiger partial charge in [-0.05, 0) is 92.3 Å². The zero-order valence-electron chi connectivity index (χ0n) is 17.1. The van der Waals surface area contributed by atoms with Crippen molar-refractivity contribution in [3.05, 3.63) is 0 Å². The number of amides is 1. The Morgan fingerprint density at radius 3 is 2.42 bits per heavy atom. The Bertz CT molecular complexity index is 597. The molecule has 4 rings (SSSR count). The molecule has 0 aromatic carbocycles. The molecule has 0 aliphatic heterocycles. The zero-order chi connectivity index (χ0) is 18.7. The van der Waals surface area contributed by atoms with Crippen LogP contribution in [0.15, 0.2) is 0 Å². The van der Waals surface area contributed by atoms with Crippen molar-refractivity contribution in [2.45, 2.75) is 91.5 Å². The van der Waals surface area contributed by atoms with E-state index < -0.39 is 0 Å². The summed E-state index contributed by atoms with van der Waals surface area (Å²) in [5.74, 6) is 2.87. The first-order valence-corrected chi connectivity index (χ1v) is 11.0. The van der Waals surface area contributed by atoms with E-state index in [1.54, 1.807) is 0 Å². The predicted octanol–water partition coefficient (Wildman–Crippen LogP) is 4.74. The average Bonchev–Trinajstić information content (AvgIpc) is 3.24. The molecule has 0 aromatic rings. The van der Waals surface area contributed by atoms with Gasteiger partial charge in [-0.3, -0.25) is 9.59 Å². The molecule has 3 nitrogen and oxygen atoms in total. The minimum absolute atomic E-state index is 0.213. The van der Waals surface area contributed by atoms with Crippen LogP contribution in [0.5, 0.6) is 0 Å². The van der Waals surface area contributed by atoms with Gasteiger partial charge in [-0.25, -0.2) is 0 Å². The van der Waals surface area contributed by atoms with Crippen LogP contribution in [0.1, 0.15) is 85.5 Å². The Balaban J connectivity index is 1.71. The van der Waals surface area contributed by atoms with Crippen LogP contribution < -0.4 is 5.32 Å². The molecule has 4 aliphatic carbocycles. The van der Waals surface area contributed by atoms with Crippen LogP contribution in [0.25, 0.3) is 0 Å². The highest BCUT2D eigenvalue weighted by Crippen LogP contribution is 2.72. The van der Waals surface area contributed by atoms with Gasteiger partial charge < -0.3 is 5.32 Å². The van der Waals surface area contributed by atoms with Crippen LogP contribution in [0.4, 0.5) is 0 Å². The molecule has 4 aliphatic rings. The summed E-state index contributed by atoms with van der Waals surface area (Å²) in [5.41, 5.74) is 0.782. The highest BCUT2D eigenvalue weighted by atomic mass is 16.1. The lowest BCUT2D eigenvalue weighted by Gasteiger charge is -2.61. The SMILES string of the molecule is CCCC1(C)C2CCC3(C)C(C(C)=O)CCC3C2CC2(CC2)C1NC=O. The smallest absolute Gasteiger partial charge is 0.207 e. The van der Waals surface area contributed by atoms with E-state index in [0.717, 1.165) is 18.7 Å². The van der Waals surface area contributed by atoms with E-state index in [1.807, 2.05) is 6.92 Å². The van der Waals surface area contributed by atoms with Crippen LogP contribution in [0.2, 0.25) is 0 Å². The molecular formula is C23H37NO2. The van der Waals surface area contributed by atoms with Crippen molar-refractivity contribution < 1.29 is 9.59 Å². The Labute approximate surface area is 159 Å². The van der Waals surface area contributed by atoms with Gasteiger partial charge in [0, 0.05) is 12.0 Å². The molecule has 146 valence electrons. The van der Waals surface area contributed by atoms with E-state index in [1.165, 1.54) is 51.4 Å². The molecule has 0 saturated heterocycles. The summed E-state index contributed by atoms with van der Waals surface area (Å²) in [7, 11) is 0. The highest BCUT2D eigenvalue weighted by Gasteiger charge is 2.67. The lowest BCUT2D eigenvalue weighted by atomic mass is 9.45. The second-order valence-corrected chi connectivity index (χ2v) is 10.7. The molecule has 0 bridgehead atoms. The average molecular weight is 360 g/mol. The second kappa shape index (κ2) is 6.07. The van der Waals surface area contributed by atoms with E-state index in [4.69, 9.17) is 0 Å². The van der Waals surface area contributed by atoms with E-state index in [2.05, 4.69) is 26.1 Å². The lowest BCUT2D eigenvalue weighted by molar-refractivity contribution is -0.137. The maximum Gasteiger partial charge on any atom is 0.207 e. The summed E-state index contributed by atoms with van der Waals surface area (Å²) < 4.78 is 0. The molecule has 1 spiro atoms. The monoisotopic (exact) mass is 359 g/mol. The lowest BCUT2D eigenvalue weighted by Crippen LogP contribution is -2.61. The number of Topliss-reactive ketones (excluding diaryl/α,β-unsaturated/α-hetero) is 1. The Kier molecular flexibility index (Phi) is 4.32. The third-order valence-electron chi connectivity index (χ3n) is 9.60. The Morgan fingerprint density at radius 1 is 1.12 bits per heavy atom. The molecule has 1 N–H and O–H groups in total. The molecule has 26 heavy (non-hydrogen) atoms. The number of ketones is 1. The van der Waals surface area contributed by atoms with Crippen molar-refractivity contribution in [1.29, 1.82) is 0 Å². The summed E-state index contributed by atoms with van der Waals surface area (Å²) in [6.45, 7) is 9.02. The fourth-order valence-corrected chi connectivity index (χ4v) is 8.52. The molecule has 4 fully saturated rings. The number of fused-ring (bicyclic) bond motifs is 3. The summed E-state index contributed by atoms with van der Waals surface area (Å²) in [5, 5.41) is 3.31. The van der Waals surface area contributed by atoms with Crippen molar-refractivity contribution >= 4 is 12.2 Å². The van der Waals surface area contributed by atoms with Gasteiger partial charge in [-0.15, -0.1) is 0 Å². The Morgan fingerprint density at radius 2 is 1.85 bits per heavy atom.